The second kappa shape index (κ2) is 11.8. The van der Waals surface area contributed by atoms with Crippen molar-refractivity contribution < 1.29 is 4.42 Å². The van der Waals surface area contributed by atoms with Gasteiger partial charge in [0.05, 0.1) is 11.0 Å². The molecule has 0 radical (unpaired) electrons. The first-order chi connectivity index (χ1) is 27.3. The number of aromatic nitrogens is 4. The zero-order chi connectivity index (χ0) is 37.8. The second-order valence-corrected chi connectivity index (χ2v) is 16.0. The third-order valence-electron chi connectivity index (χ3n) is 12.1. The van der Waals surface area contributed by atoms with Crippen LogP contribution in [0.4, 0.5) is 0 Å². The molecule has 7 aromatic carbocycles. The SMILES string of the molecule is CC1(C)c2ccccc2C(C)(C)c2c1ccc1c2c2ccccc2n1-c1ccc2oc3cccc(-c4nc(-c5ccccc5)nc(-c5ccccc5)n4)c3c2c1. The van der Waals surface area contributed by atoms with Gasteiger partial charge in [-0.1, -0.05) is 149 Å². The minimum absolute atomic E-state index is 0.139. The summed E-state index contributed by atoms with van der Waals surface area (Å²) in [5.74, 6) is 1.86. The van der Waals surface area contributed by atoms with E-state index in [9.17, 15) is 0 Å². The molecule has 0 N–H and O–H groups in total. The van der Waals surface area contributed by atoms with Gasteiger partial charge in [0.15, 0.2) is 17.5 Å². The van der Waals surface area contributed by atoms with Crippen LogP contribution in [0.3, 0.4) is 0 Å². The fourth-order valence-corrected chi connectivity index (χ4v) is 9.43. The van der Waals surface area contributed by atoms with Crippen LogP contribution in [-0.2, 0) is 10.8 Å². The maximum absolute atomic E-state index is 6.57. The number of nitrogens with zero attached hydrogens (tertiary/aromatic N) is 4. The molecule has 0 amide bonds. The minimum Gasteiger partial charge on any atom is -0.456 e. The predicted octanol–water partition coefficient (Wildman–Crippen LogP) is 12.8. The average Bonchev–Trinajstić information content (AvgIpc) is 3.79. The van der Waals surface area contributed by atoms with Gasteiger partial charge in [-0.25, -0.2) is 15.0 Å². The normalized spacial score (nSPS) is 14.4. The zero-order valence-electron chi connectivity index (χ0n) is 31.7. The summed E-state index contributed by atoms with van der Waals surface area (Å²) >= 11 is 0. The van der Waals surface area contributed by atoms with Gasteiger partial charge in [0.1, 0.15) is 11.2 Å². The monoisotopic (exact) mass is 722 g/mol. The van der Waals surface area contributed by atoms with Crippen molar-refractivity contribution in [1.29, 1.82) is 0 Å². The van der Waals surface area contributed by atoms with Crippen LogP contribution >= 0.6 is 0 Å². The second-order valence-electron chi connectivity index (χ2n) is 16.0. The first-order valence-corrected chi connectivity index (χ1v) is 19.3. The summed E-state index contributed by atoms with van der Waals surface area (Å²) in [6.07, 6.45) is 0. The first-order valence-electron chi connectivity index (χ1n) is 19.3. The summed E-state index contributed by atoms with van der Waals surface area (Å²) in [7, 11) is 0. The van der Waals surface area contributed by atoms with Crippen LogP contribution in [0.15, 0.2) is 162 Å². The maximum atomic E-state index is 6.57. The lowest BCUT2D eigenvalue weighted by Crippen LogP contribution is -2.36. The van der Waals surface area contributed by atoms with Crippen molar-refractivity contribution in [3.8, 4) is 39.9 Å². The van der Waals surface area contributed by atoms with Crippen molar-refractivity contribution in [1.82, 2.24) is 19.5 Å². The number of para-hydroxylation sites is 1. The molecule has 3 aromatic heterocycles. The summed E-state index contributed by atoms with van der Waals surface area (Å²) in [5, 5.41) is 4.56. The molecular weight excluding hydrogens is 685 g/mol. The molecule has 3 heterocycles. The summed E-state index contributed by atoms with van der Waals surface area (Å²) in [5.41, 5.74) is 13.1. The van der Waals surface area contributed by atoms with Gasteiger partial charge in [0, 0.05) is 54.8 Å². The van der Waals surface area contributed by atoms with Gasteiger partial charge in [0.25, 0.3) is 0 Å². The van der Waals surface area contributed by atoms with Gasteiger partial charge in [-0.05, 0) is 58.7 Å². The highest BCUT2D eigenvalue weighted by atomic mass is 16.3. The van der Waals surface area contributed by atoms with Crippen molar-refractivity contribution in [2.24, 2.45) is 0 Å². The van der Waals surface area contributed by atoms with Gasteiger partial charge < -0.3 is 8.98 Å². The van der Waals surface area contributed by atoms with Crippen LogP contribution in [0, 0.1) is 0 Å². The molecule has 1 aliphatic rings. The van der Waals surface area contributed by atoms with Gasteiger partial charge in [-0.2, -0.15) is 0 Å². The Morgan fingerprint density at radius 1 is 0.446 bits per heavy atom. The molecule has 0 saturated carbocycles. The van der Waals surface area contributed by atoms with Crippen LogP contribution in [0.2, 0.25) is 0 Å². The van der Waals surface area contributed by atoms with E-state index in [4.69, 9.17) is 19.4 Å². The highest BCUT2D eigenvalue weighted by Crippen LogP contribution is 2.53. The third kappa shape index (κ3) is 4.64. The molecule has 0 spiro atoms. The molecule has 1 aliphatic carbocycles. The van der Waals surface area contributed by atoms with Gasteiger partial charge in [-0.3, -0.25) is 0 Å². The molecule has 11 rings (SSSR count). The number of hydrogen-bond acceptors (Lipinski definition) is 4. The topological polar surface area (TPSA) is 56.7 Å². The van der Waals surface area contributed by atoms with E-state index in [2.05, 4.69) is 117 Å². The Morgan fingerprint density at radius 2 is 1.07 bits per heavy atom. The quantitative estimate of drug-likeness (QED) is 0.181. The fraction of sp³-hybridized carbons (Fsp3) is 0.118. The lowest BCUT2D eigenvalue weighted by Gasteiger charge is -2.44. The lowest BCUT2D eigenvalue weighted by molar-refractivity contribution is 0.525. The van der Waals surface area contributed by atoms with Crippen molar-refractivity contribution >= 4 is 43.7 Å². The molecule has 10 aromatic rings. The molecule has 0 atom stereocenters. The number of rotatable bonds is 4. The van der Waals surface area contributed by atoms with E-state index in [1.54, 1.807) is 0 Å². The van der Waals surface area contributed by atoms with Crippen LogP contribution in [0.5, 0.6) is 0 Å². The average molecular weight is 723 g/mol. The molecule has 0 saturated heterocycles. The molecule has 0 unspecified atom stereocenters. The lowest BCUT2D eigenvalue weighted by atomic mass is 9.59. The zero-order valence-corrected chi connectivity index (χ0v) is 31.7. The van der Waals surface area contributed by atoms with E-state index in [0.717, 1.165) is 44.3 Å². The maximum Gasteiger partial charge on any atom is 0.164 e. The smallest absolute Gasteiger partial charge is 0.164 e. The van der Waals surface area contributed by atoms with Crippen molar-refractivity contribution in [3.63, 3.8) is 0 Å². The van der Waals surface area contributed by atoms with Crippen LogP contribution in [-0.4, -0.2) is 19.5 Å². The van der Waals surface area contributed by atoms with Crippen LogP contribution in [0.25, 0.3) is 83.6 Å². The minimum atomic E-state index is -0.197. The highest BCUT2D eigenvalue weighted by molar-refractivity contribution is 6.14. The molecule has 0 bridgehead atoms. The van der Waals surface area contributed by atoms with E-state index >= 15 is 0 Å². The highest BCUT2D eigenvalue weighted by Gasteiger charge is 2.43. The summed E-state index contributed by atoms with van der Waals surface area (Å²) in [4.78, 5) is 15.2. The first kappa shape index (κ1) is 32.6. The van der Waals surface area contributed by atoms with Crippen molar-refractivity contribution in [2.75, 3.05) is 0 Å². The van der Waals surface area contributed by atoms with E-state index in [1.165, 1.54) is 44.1 Å². The Bertz CT molecular complexity index is 3130. The Labute approximate surface area is 324 Å². The standard InChI is InChI=1S/C51H38N4O/c1-50(2)37-22-12-13-23-38(37)51(3,4)46-39(50)27-28-41-45(46)34-20-11-14-24-40(34)55(41)33-26-29-42-36(30-33)44-35(21-15-25-43(44)56-42)49-53-47(31-16-7-5-8-17-31)52-48(54-49)32-18-9-6-10-19-32/h5-30H,1-4H3. The number of furan rings is 1. The predicted molar refractivity (Wildman–Crippen MR) is 228 cm³/mol. The van der Waals surface area contributed by atoms with E-state index in [0.29, 0.717) is 17.5 Å². The summed E-state index contributed by atoms with van der Waals surface area (Å²) < 4.78 is 9.00. The largest absolute Gasteiger partial charge is 0.456 e. The van der Waals surface area contributed by atoms with Gasteiger partial charge in [-0.15, -0.1) is 0 Å². The van der Waals surface area contributed by atoms with Crippen molar-refractivity contribution in [2.45, 2.75) is 38.5 Å². The van der Waals surface area contributed by atoms with Crippen LogP contribution in [0.1, 0.15) is 49.9 Å². The molecule has 0 fully saturated rings. The molecule has 5 heteroatoms. The molecule has 0 aliphatic heterocycles. The Kier molecular flexibility index (Phi) is 6.88. The molecule has 56 heavy (non-hydrogen) atoms. The number of benzene rings is 7. The molecule has 268 valence electrons. The van der Waals surface area contributed by atoms with E-state index < -0.39 is 0 Å². The molecular formula is C51H38N4O. The van der Waals surface area contributed by atoms with E-state index in [1.807, 2.05) is 72.8 Å². The summed E-state index contributed by atoms with van der Waals surface area (Å²) in [6, 6.07) is 55.5. The Hall–Kier alpha value is -6.85. The van der Waals surface area contributed by atoms with Gasteiger partial charge in [0.2, 0.25) is 0 Å². The van der Waals surface area contributed by atoms with Crippen LogP contribution < -0.4 is 0 Å². The third-order valence-corrected chi connectivity index (χ3v) is 12.1. The number of hydrogen-bond donors (Lipinski definition) is 0. The fourth-order valence-electron chi connectivity index (χ4n) is 9.43. The van der Waals surface area contributed by atoms with Crippen molar-refractivity contribution in [3.05, 3.63) is 180 Å². The molecule has 5 nitrogen and oxygen atoms in total. The van der Waals surface area contributed by atoms with Gasteiger partial charge >= 0.3 is 0 Å². The van der Waals surface area contributed by atoms with E-state index in [-0.39, 0.29) is 10.8 Å². The Morgan fingerprint density at radius 3 is 1.79 bits per heavy atom. The number of fused-ring (bicyclic) bond motifs is 9. The summed E-state index contributed by atoms with van der Waals surface area (Å²) in [6.45, 7) is 9.53. The Balaban J connectivity index is 1.16.